The molecule has 12 heavy (non-hydrogen) atoms. The Labute approximate surface area is 67.4 Å². The molecule has 0 spiro atoms. The minimum Gasteiger partial charge on any atom is -0.481 e. The molecule has 0 atom stereocenters. The zero-order valence-corrected chi connectivity index (χ0v) is 6.32. The molecular formula is C7H9F3O2. The van der Waals surface area contributed by atoms with Gasteiger partial charge in [-0.2, -0.15) is 13.2 Å². The van der Waals surface area contributed by atoms with Crippen molar-refractivity contribution in [1.29, 1.82) is 0 Å². The van der Waals surface area contributed by atoms with Crippen LogP contribution < -0.4 is 0 Å². The van der Waals surface area contributed by atoms with E-state index in [1.165, 1.54) is 0 Å². The lowest BCUT2D eigenvalue weighted by Gasteiger charge is -2.41. The van der Waals surface area contributed by atoms with Gasteiger partial charge in [-0.05, 0) is 12.8 Å². The van der Waals surface area contributed by atoms with Crippen molar-refractivity contribution in [1.82, 2.24) is 0 Å². The van der Waals surface area contributed by atoms with Crippen LogP contribution in [0.2, 0.25) is 0 Å². The number of aliphatic carboxylic acids is 1. The molecule has 0 bridgehead atoms. The second-order valence-corrected chi connectivity index (χ2v) is 3.20. The van der Waals surface area contributed by atoms with Crippen LogP contribution in [0.15, 0.2) is 0 Å². The molecule has 0 aliphatic heterocycles. The van der Waals surface area contributed by atoms with Crippen molar-refractivity contribution < 1.29 is 23.1 Å². The fourth-order valence-electron chi connectivity index (χ4n) is 1.45. The van der Waals surface area contributed by atoms with Gasteiger partial charge in [0.1, 0.15) is 0 Å². The lowest BCUT2D eigenvalue weighted by atomic mass is 9.66. The molecule has 0 amide bonds. The van der Waals surface area contributed by atoms with E-state index in [4.69, 9.17) is 5.11 Å². The molecule has 1 aliphatic carbocycles. The van der Waals surface area contributed by atoms with E-state index in [1.54, 1.807) is 0 Å². The zero-order valence-electron chi connectivity index (χ0n) is 6.32. The summed E-state index contributed by atoms with van der Waals surface area (Å²) in [5.41, 5.74) is -1.92. The number of alkyl halides is 3. The summed E-state index contributed by atoms with van der Waals surface area (Å²) in [6.07, 6.45) is -4.74. The first-order chi connectivity index (χ1) is 5.37. The normalized spacial score (nSPS) is 21.6. The molecule has 1 rings (SSSR count). The first-order valence-corrected chi connectivity index (χ1v) is 3.66. The molecule has 1 saturated carbocycles. The molecule has 2 nitrogen and oxygen atoms in total. The van der Waals surface area contributed by atoms with E-state index in [2.05, 4.69) is 0 Å². The average Bonchev–Trinajstić information content (AvgIpc) is 1.74. The Bertz CT molecular complexity index is 193. The Morgan fingerprint density at radius 3 is 2.00 bits per heavy atom. The molecule has 1 N–H and O–H groups in total. The van der Waals surface area contributed by atoms with E-state index in [0.29, 0.717) is 6.42 Å². The topological polar surface area (TPSA) is 37.3 Å². The Morgan fingerprint density at radius 2 is 1.92 bits per heavy atom. The summed E-state index contributed by atoms with van der Waals surface area (Å²) < 4.78 is 36.8. The maximum absolute atomic E-state index is 12.3. The van der Waals surface area contributed by atoms with Gasteiger partial charge in [-0.3, -0.25) is 4.79 Å². The number of hydrogen-bond acceptors (Lipinski definition) is 1. The summed E-state index contributed by atoms with van der Waals surface area (Å²) in [5.74, 6) is -1.37. The highest BCUT2D eigenvalue weighted by atomic mass is 19.4. The number of carboxylic acids is 1. The van der Waals surface area contributed by atoms with Crippen LogP contribution in [0.1, 0.15) is 25.7 Å². The number of hydrogen-bond donors (Lipinski definition) is 1. The molecule has 0 heterocycles. The monoisotopic (exact) mass is 182 g/mol. The van der Waals surface area contributed by atoms with Gasteiger partial charge in [0, 0.05) is 0 Å². The molecule has 1 aliphatic rings. The summed E-state index contributed by atoms with van der Waals surface area (Å²) in [7, 11) is 0. The van der Waals surface area contributed by atoms with Crippen LogP contribution in [-0.4, -0.2) is 17.3 Å². The van der Waals surface area contributed by atoms with Crippen molar-refractivity contribution in [3.8, 4) is 0 Å². The minimum atomic E-state index is -4.36. The van der Waals surface area contributed by atoms with Crippen molar-refractivity contribution in [3.05, 3.63) is 0 Å². The minimum absolute atomic E-state index is 0.0389. The second kappa shape index (κ2) is 2.64. The van der Waals surface area contributed by atoms with Crippen LogP contribution in [0.25, 0.3) is 0 Å². The van der Waals surface area contributed by atoms with Gasteiger partial charge in [0.2, 0.25) is 0 Å². The van der Waals surface area contributed by atoms with E-state index in [0.717, 1.165) is 0 Å². The third-order valence-electron chi connectivity index (χ3n) is 2.40. The number of halogens is 3. The molecular weight excluding hydrogens is 173 g/mol. The fourth-order valence-corrected chi connectivity index (χ4v) is 1.45. The SMILES string of the molecule is O=C(O)CC1(C(F)(F)F)CCC1. The highest BCUT2D eigenvalue weighted by Crippen LogP contribution is 2.55. The molecule has 0 aromatic heterocycles. The van der Waals surface area contributed by atoms with E-state index < -0.39 is 24.0 Å². The standard InChI is InChI=1S/C7H9F3O2/c8-7(9,10)6(2-1-3-6)4-5(11)12/h1-4H2,(H,11,12). The highest BCUT2D eigenvalue weighted by Gasteiger charge is 2.58. The van der Waals surface area contributed by atoms with Crippen molar-refractivity contribution in [2.24, 2.45) is 5.41 Å². The van der Waals surface area contributed by atoms with E-state index >= 15 is 0 Å². The predicted molar refractivity (Wildman–Crippen MR) is 34.6 cm³/mol. The Morgan fingerprint density at radius 1 is 1.42 bits per heavy atom. The van der Waals surface area contributed by atoms with Gasteiger partial charge in [-0.25, -0.2) is 0 Å². The van der Waals surface area contributed by atoms with Crippen LogP contribution in [0.5, 0.6) is 0 Å². The van der Waals surface area contributed by atoms with Crippen LogP contribution in [-0.2, 0) is 4.79 Å². The summed E-state index contributed by atoms with van der Waals surface area (Å²) >= 11 is 0. The number of rotatable bonds is 2. The first-order valence-electron chi connectivity index (χ1n) is 3.66. The maximum Gasteiger partial charge on any atom is 0.395 e. The fraction of sp³-hybridized carbons (Fsp3) is 0.857. The number of carbonyl (C=O) groups is 1. The molecule has 0 aromatic rings. The van der Waals surface area contributed by atoms with Crippen molar-refractivity contribution in [3.63, 3.8) is 0 Å². The van der Waals surface area contributed by atoms with E-state index in [9.17, 15) is 18.0 Å². The summed E-state index contributed by atoms with van der Waals surface area (Å²) in [4.78, 5) is 10.2. The molecule has 0 saturated heterocycles. The van der Waals surface area contributed by atoms with E-state index in [-0.39, 0.29) is 12.8 Å². The van der Waals surface area contributed by atoms with Gasteiger partial charge < -0.3 is 5.11 Å². The molecule has 0 radical (unpaired) electrons. The number of carboxylic acid groups (broad SMARTS) is 1. The second-order valence-electron chi connectivity index (χ2n) is 3.20. The summed E-state index contributed by atoms with van der Waals surface area (Å²) in [6.45, 7) is 0. The zero-order chi connectivity index (χ0) is 9.41. The van der Waals surface area contributed by atoms with Gasteiger partial charge in [0.25, 0.3) is 0 Å². The average molecular weight is 182 g/mol. The summed E-state index contributed by atoms with van der Waals surface area (Å²) in [6, 6.07) is 0. The van der Waals surface area contributed by atoms with Crippen LogP contribution in [0.4, 0.5) is 13.2 Å². The van der Waals surface area contributed by atoms with Gasteiger partial charge in [0.05, 0.1) is 11.8 Å². The van der Waals surface area contributed by atoms with Crippen LogP contribution in [0.3, 0.4) is 0 Å². The van der Waals surface area contributed by atoms with Gasteiger partial charge in [-0.1, -0.05) is 6.42 Å². The first kappa shape index (κ1) is 9.35. The van der Waals surface area contributed by atoms with Crippen LogP contribution >= 0.6 is 0 Å². The molecule has 5 heteroatoms. The predicted octanol–water partition coefficient (Wildman–Crippen LogP) is 2.19. The Balaban J connectivity index is 2.70. The largest absolute Gasteiger partial charge is 0.481 e. The van der Waals surface area contributed by atoms with Crippen molar-refractivity contribution >= 4 is 5.97 Å². The molecule has 1 fully saturated rings. The van der Waals surface area contributed by atoms with Gasteiger partial charge in [-0.15, -0.1) is 0 Å². The lowest BCUT2D eigenvalue weighted by molar-refractivity contribution is -0.253. The quantitative estimate of drug-likeness (QED) is 0.710. The third kappa shape index (κ3) is 1.40. The third-order valence-corrected chi connectivity index (χ3v) is 2.40. The van der Waals surface area contributed by atoms with Gasteiger partial charge in [0.15, 0.2) is 0 Å². The Kier molecular flexibility index (Phi) is 2.06. The molecule has 70 valence electrons. The summed E-state index contributed by atoms with van der Waals surface area (Å²) in [5, 5.41) is 8.28. The van der Waals surface area contributed by atoms with E-state index in [1.807, 2.05) is 0 Å². The lowest BCUT2D eigenvalue weighted by Crippen LogP contribution is -2.45. The highest BCUT2D eigenvalue weighted by molar-refractivity contribution is 5.68. The van der Waals surface area contributed by atoms with Crippen LogP contribution in [0, 0.1) is 5.41 Å². The van der Waals surface area contributed by atoms with Crippen molar-refractivity contribution in [2.75, 3.05) is 0 Å². The Hall–Kier alpha value is -0.740. The smallest absolute Gasteiger partial charge is 0.395 e. The maximum atomic E-state index is 12.3. The molecule has 0 unspecified atom stereocenters. The molecule has 0 aromatic carbocycles. The van der Waals surface area contributed by atoms with Crippen molar-refractivity contribution in [2.45, 2.75) is 31.9 Å². The van der Waals surface area contributed by atoms with Gasteiger partial charge >= 0.3 is 12.1 Å².